The third-order valence-corrected chi connectivity index (χ3v) is 3.57. The summed E-state index contributed by atoms with van der Waals surface area (Å²) in [4.78, 5) is 0. The summed E-state index contributed by atoms with van der Waals surface area (Å²) in [6.07, 6.45) is 0. The summed E-state index contributed by atoms with van der Waals surface area (Å²) in [6, 6.07) is 11.3. The molecule has 0 aliphatic carbocycles. The molecule has 0 amide bonds. The van der Waals surface area contributed by atoms with Crippen molar-refractivity contribution in [2.75, 3.05) is 14.2 Å². The largest absolute Gasteiger partial charge is 0.493 e. The van der Waals surface area contributed by atoms with Crippen LogP contribution in [-0.4, -0.2) is 14.2 Å². The van der Waals surface area contributed by atoms with Crippen molar-refractivity contribution in [3.8, 4) is 11.5 Å². The topological polar surface area (TPSA) is 44.5 Å². The van der Waals surface area contributed by atoms with Crippen LogP contribution in [-0.2, 0) is 0 Å². The van der Waals surface area contributed by atoms with Crippen molar-refractivity contribution >= 4 is 11.6 Å². The Morgan fingerprint density at radius 2 is 1.70 bits per heavy atom. The number of rotatable bonds is 4. The van der Waals surface area contributed by atoms with Crippen LogP contribution in [0.3, 0.4) is 0 Å². The molecule has 0 radical (unpaired) electrons. The zero-order chi connectivity index (χ0) is 14.7. The number of halogens is 1. The fourth-order valence-electron chi connectivity index (χ4n) is 2.15. The van der Waals surface area contributed by atoms with Crippen LogP contribution in [0, 0.1) is 6.92 Å². The molecule has 2 aromatic carbocycles. The average Bonchev–Trinajstić information content (AvgIpc) is 2.46. The van der Waals surface area contributed by atoms with Crippen molar-refractivity contribution in [1.29, 1.82) is 0 Å². The lowest BCUT2D eigenvalue weighted by Crippen LogP contribution is -2.13. The first-order valence-corrected chi connectivity index (χ1v) is 6.68. The quantitative estimate of drug-likeness (QED) is 0.934. The van der Waals surface area contributed by atoms with Crippen LogP contribution in [0.4, 0.5) is 0 Å². The molecule has 0 aliphatic heterocycles. The third kappa shape index (κ3) is 2.89. The highest BCUT2D eigenvalue weighted by atomic mass is 35.5. The van der Waals surface area contributed by atoms with Gasteiger partial charge in [0.2, 0.25) is 0 Å². The first-order valence-electron chi connectivity index (χ1n) is 6.30. The van der Waals surface area contributed by atoms with Crippen molar-refractivity contribution in [1.82, 2.24) is 0 Å². The zero-order valence-corrected chi connectivity index (χ0v) is 12.6. The van der Waals surface area contributed by atoms with E-state index in [2.05, 4.69) is 6.07 Å². The van der Waals surface area contributed by atoms with E-state index in [0.717, 1.165) is 16.7 Å². The van der Waals surface area contributed by atoms with Crippen molar-refractivity contribution < 1.29 is 9.47 Å². The number of aryl methyl sites for hydroxylation is 1. The van der Waals surface area contributed by atoms with Crippen LogP contribution in [0.2, 0.25) is 5.02 Å². The molecular weight excluding hydrogens is 274 g/mol. The summed E-state index contributed by atoms with van der Waals surface area (Å²) < 4.78 is 10.5. The Labute approximate surface area is 124 Å². The predicted octanol–water partition coefficient (Wildman–Crippen LogP) is 3.71. The Hall–Kier alpha value is -1.71. The van der Waals surface area contributed by atoms with Crippen LogP contribution < -0.4 is 15.2 Å². The fraction of sp³-hybridized carbons (Fsp3) is 0.250. The maximum atomic E-state index is 6.32. The van der Waals surface area contributed by atoms with Crippen LogP contribution in [0.5, 0.6) is 11.5 Å². The summed E-state index contributed by atoms with van der Waals surface area (Å²) in [5.41, 5.74) is 9.31. The molecule has 0 bridgehead atoms. The summed E-state index contributed by atoms with van der Waals surface area (Å²) >= 11 is 6.31. The molecule has 0 aromatic heterocycles. The van der Waals surface area contributed by atoms with Crippen LogP contribution in [0.25, 0.3) is 0 Å². The molecule has 1 unspecified atom stereocenters. The van der Waals surface area contributed by atoms with Crippen LogP contribution >= 0.6 is 11.6 Å². The van der Waals surface area contributed by atoms with E-state index in [1.807, 2.05) is 31.2 Å². The molecule has 2 rings (SSSR count). The van der Waals surface area contributed by atoms with E-state index in [9.17, 15) is 0 Å². The van der Waals surface area contributed by atoms with Gasteiger partial charge in [0.05, 0.1) is 20.3 Å². The minimum atomic E-state index is -0.304. The minimum Gasteiger partial charge on any atom is -0.493 e. The van der Waals surface area contributed by atoms with E-state index in [4.69, 9.17) is 26.8 Å². The molecule has 20 heavy (non-hydrogen) atoms. The molecule has 106 valence electrons. The lowest BCUT2D eigenvalue weighted by atomic mass is 9.98. The van der Waals surface area contributed by atoms with Gasteiger partial charge in [0.25, 0.3) is 0 Å². The molecular formula is C16H18ClNO2. The average molecular weight is 292 g/mol. The van der Waals surface area contributed by atoms with Gasteiger partial charge in [-0.15, -0.1) is 0 Å². The highest BCUT2D eigenvalue weighted by Crippen LogP contribution is 2.36. The number of benzene rings is 2. The minimum absolute atomic E-state index is 0.304. The van der Waals surface area contributed by atoms with Gasteiger partial charge in [-0.3, -0.25) is 0 Å². The van der Waals surface area contributed by atoms with Gasteiger partial charge in [0.15, 0.2) is 11.5 Å². The van der Waals surface area contributed by atoms with E-state index >= 15 is 0 Å². The molecule has 0 saturated heterocycles. The molecule has 2 aromatic rings. The standard InChI is InChI=1S/C16H18ClNO2/c1-10-5-4-6-11(7-10)16(18)12-8-14(19-2)15(20-3)9-13(12)17/h4-9,16H,18H2,1-3H3. The van der Waals surface area contributed by atoms with Gasteiger partial charge in [-0.2, -0.15) is 0 Å². The second-order valence-corrected chi connectivity index (χ2v) is 5.03. The maximum absolute atomic E-state index is 6.32. The number of nitrogens with two attached hydrogens (primary N) is 1. The molecule has 2 N–H and O–H groups in total. The van der Waals surface area contributed by atoms with Gasteiger partial charge in [-0.1, -0.05) is 41.4 Å². The van der Waals surface area contributed by atoms with Crippen LogP contribution in [0.1, 0.15) is 22.7 Å². The summed E-state index contributed by atoms with van der Waals surface area (Å²) in [5.74, 6) is 1.22. The molecule has 3 nitrogen and oxygen atoms in total. The van der Waals surface area contributed by atoms with E-state index < -0.39 is 0 Å². The normalized spacial score (nSPS) is 12.1. The van der Waals surface area contributed by atoms with Crippen molar-refractivity contribution in [2.45, 2.75) is 13.0 Å². The Morgan fingerprint density at radius 3 is 2.30 bits per heavy atom. The van der Waals surface area contributed by atoms with E-state index in [1.54, 1.807) is 20.3 Å². The number of ether oxygens (including phenoxy) is 2. The highest BCUT2D eigenvalue weighted by molar-refractivity contribution is 6.31. The Balaban J connectivity index is 2.46. The number of methoxy groups -OCH3 is 2. The first kappa shape index (κ1) is 14.7. The van der Waals surface area contributed by atoms with Gasteiger partial charge in [-0.05, 0) is 24.1 Å². The van der Waals surface area contributed by atoms with Gasteiger partial charge >= 0.3 is 0 Å². The Morgan fingerprint density at radius 1 is 1.05 bits per heavy atom. The smallest absolute Gasteiger partial charge is 0.162 e. The summed E-state index contributed by atoms with van der Waals surface area (Å²) in [5, 5.41) is 0.566. The van der Waals surface area contributed by atoms with Crippen molar-refractivity contribution in [3.63, 3.8) is 0 Å². The van der Waals surface area contributed by atoms with Crippen molar-refractivity contribution in [2.24, 2.45) is 5.73 Å². The lowest BCUT2D eigenvalue weighted by molar-refractivity contribution is 0.354. The number of hydrogen-bond acceptors (Lipinski definition) is 3. The lowest BCUT2D eigenvalue weighted by Gasteiger charge is -2.17. The monoisotopic (exact) mass is 291 g/mol. The molecule has 1 atom stereocenters. The first-order chi connectivity index (χ1) is 9.56. The molecule has 4 heteroatoms. The molecule has 0 fully saturated rings. The summed E-state index contributed by atoms with van der Waals surface area (Å²) in [6.45, 7) is 2.03. The van der Waals surface area contributed by atoms with Gasteiger partial charge in [0, 0.05) is 11.1 Å². The predicted molar refractivity (Wildman–Crippen MR) is 81.8 cm³/mol. The molecule has 0 heterocycles. The van der Waals surface area contributed by atoms with Crippen LogP contribution in [0.15, 0.2) is 36.4 Å². The van der Waals surface area contributed by atoms with Crippen molar-refractivity contribution in [3.05, 3.63) is 58.1 Å². The third-order valence-electron chi connectivity index (χ3n) is 3.24. The molecule has 0 aliphatic rings. The summed E-state index contributed by atoms with van der Waals surface area (Å²) in [7, 11) is 3.17. The molecule has 0 saturated carbocycles. The second kappa shape index (κ2) is 6.16. The fourth-order valence-corrected chi connectivity index (χ4v) is 2.42. The number of hydrogen-bond donors (Lipinski definition) is 1. The van der Waals surface area contributed by atoms with Gasteiger partial charge < -0.3 is 15.2 Å². The Bertz CT molecular complexity index is 613. The van der Waals surface area contributed by atoms with Gasteiger partial charge in [-0.25, -0.2) is 0 Å². The Kier molecular flexibility index (Phi) is 4.53. The van der Waals surface area contributed by atoms with E-state index in [0.29, 0.717) is 16.5 Å². The maximum Gasteiger partial charge on any atom is 0.162 e. The molecule has 0 spiro atoms. The van der Waals surface area contributed by atoms with E-state index in [-0.39, 0.29) is 6.04 Å². The van der Waals surface area contributed by atoms with Gasteiger partial charge in [0.1, 0.15) is 0 Å². The highest BCUT2D eigenvalue weighted by Gasteiger charge is 2.17. The zero-order valence-electron chi connectivity index (χ0n) is 11.8. The SMILES string of the molecule is COc1cc(Cl)c(C(N)c2cccc(C)c2)cc1OC. The van der Waals surface area contributed by atoms with E-state index in [1.165, 1.54) is 0 Å². The second-order valence-electron chi connectivity index (χ2n) is 4.62.